The zero-order valence-corrected chi connectivity index (χ0v) is 16.8. The van der Waals surface area contributed by atoms with Crippen molar-refractivity contribution in [2.24, 2.45) is 0 Å². The van der Waals surface area contributed by atoms with E-state index in [1.165, 1.54) is 24.3 Å². The third-order valence-corrected chi connectivity index (χ3v) is 3.35. The number of carbonyl (C=O) groups is 2. The first-order chi connectivity index (χ1) is 13.6. The monoisotopic (exact) mass is 491 g/mol. The first-order valence-corrected chi connectivity index (χ1v) is 9.45. The molecule has 10 nitrogen and oxygen atoms in total. The van der Waals surface area contributed by atoms with Gasteiger partial charge >= 0.3 is 24.6 Å². The predicted octanol–water partition coefficient (Wildman–Crippen LogP) is 2.64. The second kappa shape index (κ2) is 14.2. The van der Waals surface area contributed by atoms with Crippen LogP contribution >= 0.6 is 0 Å². The maximum atomic E-state index is 10.3. The summed E-state index contributed by atoms with van der Waals surface area (Å²) in [6.07, 6.45) is 0.325. The van der Waals surface area contributed by atoms with Crippen LogP contribution in [-0.2, 0) is 47.0 Å². The molecule has 2 aromatic rings. The Bertz CT molecular complexity index is 742. The van der Waals surface area contributed by atoms with Crippen molar-refractivity contribution in [1.82, 2.24) is 0 Å². The van der Waals surface area contributed by atoms with E-state index < -0.39 is 41.6 Å². The minimum absolute atomic E-state index is 0.139. The average molecular weight is 491 g/mol. The number of aliphatic carboxylic acids is 2. The molecule has 0 spiro atoms. The second-order valence-corrected chi connectivity index (χ2v) is 5.90. The summed E-state index contributed by atoms with van der Waals surface area (Å²) in [7, 11) is 0. The zero-order valence-electron chi connectivity index (χ0n) is 15.0. The summed E-state index contributed by atoms with van der Waals surface area (Å²) >= 11 is -1.91. The van der Waals surface area contributed by atoms with Crippen LogP contribution in [0.25, 0.3) is 11.5 Å². The number of aromatic hydroxyl groups is 2. The first kappa shape index (κ1) is 26.1. The van der Waals surface area contributed by atoms with Crippen molar-refractivity contribution in [2.45, 2.75) is 24.9 Å². The number of rotatable bonds is 6. The van der Waals surface area contributed by atoms with Gasteiger partial charge in [-0.25, -0.2) is 0 Å². The Morgan fingerprint density at radius 1 is 0.724 bits per heavy atom. The van der Waals surface area contributed by atoms with Crippen molar-refractivity contribution >= 4 is 11.9 Å². The molecule has 156 valence electrons. The Balaban J connectivity index is 0.000000477. The van der Waals surface area contributed by atoms with E-state index in [-0.39, 0.29) is 24.3 Å². The molecule has 0 aliphatic rings. The van der Waals surface area contributed by atoms with Crippen LogP contribution in [0.15, 0.2) is 48.5 Å². The second-order valence-electron chi connectivity index (χ2n) is 5.59. The molecular weight excluding hydrogens is 471 g/mol. The van der Waals surface area contributed by atoms with Crippen molar-refractivity contribution in [3.05, 3.63) is 71.1 Å². The normalized spacial score (nSPS) is 11.4. The van der Waals surface area contributed by atoms with Gasteiger partial charge in [-0.3, -0.25) is 9.59 Å². The number of phenolic OH excluding ortho intramolecular Hbond substituents is 2. The fraction of sp³-hybridized carbons (Fsp3) is 0.222. The summed E-state index contributed by atoms with van der Waals surface area (Å²) in [4.78, 5) is 20.7. The maximum absolute atomic E-state index is 10.3. The number of hydrogen-bond donors (Lipinski definition) is 4. The van der Waals surface area contributed by atoms with Crippen LogP contribution in [-0.4, -0.2) is 44.4 Å². The Morgan fingerprint density at radius 3 is 1.17 bits per heavy atom. The number of phenols is 2. The average Bonchev–Trinajstić information content (AvgIpc) is 2.66. The molecule has 0 fully saturated rings. The van der Waals surface area contributed by atoms with Gasteiger partial charge in [0.15, 0.2) is 0 Å². The number of hydrogen-bond acceptors (Lipinski definition) is 6. The van der Waals surface area contributed by atoms with E-state index >= 15 is 0 Å². The molecule has 0 heterocycles. The molecule has 2 aromatic carbocycles. The van der Waals surface area contributed by atoms with Crippen molar-refractivity contribution in [2.75, 3.05) is 0 Å². The zero-order chi connectivity index (χ0) is 22.4. The number of benzene rings is 2. The summed E-state index contributed by atoms with van der Waals surface area (Å²) in [5, 5.41) is 34.8. The third-order valence-electron chi connectivity index (χ3n) is 3.35. The molecule has 0 aliphatic heterocycles. The van der Waals surface area contributed by atoms with Gasteiger partial charge in [-0.1, -0.05) is 24.3 Å². The van der Waals surface area contributed by atoms with E-state index in [1.54, 1.807) is 24.3 Å². The fourth-order valence-electron chi connectivity index (χ4n) is 1.91. The minimum atomic E-state index is -1.91. The van der Waals surface area contributed by atoms with Crippen LogP contribution in [0.5, 0.6) is 11.5 Å². The fourth-order valence-corrected chi connectivity index (χ4v) is 1.91. The Hall–Kier alpha value is -2.85. The van der Waals surface area contributed by atoms with Crippen LogP contribution in [0.3, 0.4) is 0 Å². The Kier molecular flexibility index (Phi) is 12.8. The van der Waals surface area contributed by atoms with Gasteiger partial charge in [-0.2, -0.15) is 0 Å². The molecular formula is C18H20N2O8Tc+. The summed E-state index contributed by atoms with van der Waals surface area (Å²) in [6.45, 7) is 0. The molecule has 0 aliphatic carbocycles. The van der Waals surface area contributed by atoms with Gasteiger partial charge in [0.25, 0.3) is 11.9 Å². The molecule has 0 aromatic heterocycles. The summed E-state index contributed by atoms with van der Waals surface area (Å²) in [6, 6.07) is 10.1. The van der Waals surface area contributed by atoms with Gasteiger partial charge in [0.2, 0.25) is 0 Å². The van der Waals surface area contributed by atoms with Gasteiger partial charge in [0.1, 0.15) is 11.5 Å². The van der Waals surface area contributed by atoms with E-state index in [1.807, 2.05) is 0 Å². The Morgan fingerprint density at radius 2 is 0.966 bits per heavy atom. The molecule has 29 heavy (non-hydrogen) atoms. The summed E-state index contributed by atoms with van der Waals surface area (Å²) in [5.74, 6) is -1.98. The molecule has 0 bridgehead atoms. The first-order valence-electron chi connectivity index (χ1n) is 7.93. The van der Waals surface area contributed by atoms with Crippen molar-refractivity contribution in [3.63, 3.8) is 0 Å². The van der Waals surface area contributed by atoms with E-state index in [4.69, 9.17) is 38.9 Å². The third kappa shape index (κ3) is 12.3. The van der Waals surface area contributed by atoms with Crippen LogP contribution in [0.4, 0.5) is 0 Å². The summed E-state index contributed by atoms with van der Waals surface area (Å²) in [5.41, 5.74) is 15.8. The molecule has 6 N–H and O–H groups in total. The topological polar surface area (TPSA) is 197 Å². The number of carboxylic acids is 2. The SMILES string of the molecule is [NH-]C(Cc1ccc(O)cc1)C(=O)O.[NH-]C(Cc1ccc(O)cc1)C(=O)O.[O]=[99Tc+3]=[O]. The van der Waals surface area contributed by atoms with Gasteiger partial charge < -0.3 is 31.9 Å². The molecule has 2 unspecified atom stereocenters. The quantitative estimate of drug-likeness (QED) is 0.473. The van der Waals surface area contributed by atoms with Crippen molar-refractivity contribution in [3.8, 4) is 11.5 Å². The van der Waals surface area contributed by atoms with Crippen LogP contribution in [0, 0.1) is 0 Å². The van der Waals surface area contributed by atoms with Gasteiger partial charge in [0.05, 0.1) is 0 Å². The van der Waals surface area contributed by atoms with Gasteiger partial charge in [-0.05, 0) is 60.3 Å². The van der Waals surface area contributed by atoms with Gasteiger partial charge in [-0.15, -0.1) is 0 Å². The number of carboxylic acid groups (broad SMARTS) is 2. The van der Waals surface area contributed by atoms with Gasteiger partial charge in [0, 0.05) is 0 Å². The van der Waals surface area contributed by atoms with E-state index in [9.17, 15) is 9.59 Å². The standard InChI is InChI=1S/2C9H10NO3.2O.Tc/c2*10-8(9(12)13)5-6-1-3-7(11)4-2-6;;;/h2*1-4,8,10-11H,5H2,(H,12,13);;;/q2*-1;;;+3/i;;;;1+1. The molecule has 0 saturated heterocycles. The van der Waals surface area contributed by atoms with Crippen molar-refractivity contribution in [1.29, 1.82) is 0 Å². The summed E-state index contributed by atoms with van der Waals surface area (Å²) < 4.78 is 17.0. The number of nitrogens with one attached hydrogen (secondary N) is 2. The Labute approximate surface area is 174 Å². The molecule has 0 saturated carbocycles. The van der Waals surface area contributed by atoms with Crippen LogP contribution in [0.1, 0.15) is 11.1 Å². The van der Waals surface area contributed by atoms with Crippen LogP contribution < -0.4 is 0 Å². The molecule has 11 heteroatoms. The molecule has 0 amide bonds. The predicted molar refractivity (Wildman–Crippen MR) is 96.5 cm³/mol. The molecule has 2 atom stereocenters. The molecule has 2 rings (SSSR count). The molecule has 0 radical (unpaired) electrons. The van der Waals surface area contributed by atoms with E-state index in [0.717, 1.165) is 11.1 Å². The van der Waals surface area contributed by atoms with Crippen LogP contribution in [0.2, 0.25) is 0 Å². The van der Waals surface area contributed by atoms with E-state index in [2.05, 4.69) is 0 Å². The van der Waals surface area contributed by atoms with E-state index in [0.29, 0.717) is 0 Å². The van der Waals surface area contributed by atoms with Crippen molar-refractivity contribution < 1.29 is 54.6 Å².